The first-order valence-electron chi connectivity index (χ1n) is 7.30. The SMILES string of the molecule is C#CCn1ncc(Cl)c(NC(C)CN2CCCCC2)c1=O. The first-order valence-corrected chi connectivity index (χ1v) is 7.67. The van der Waals surface area contributed by atoms with Crippen molar-refractivity contribution in [1.82, 2.24) is 14.7 Å². The molecule has 0 aliphatic carbocycles. The summed E-state index contributed by atoms with van der Waals surface area (Å²) < 4.78 is 1.24. The van der Waals surface area contributed by atoms with Gasteiger partial charge in [-0.15, -0.1) is 6.42 Å². The molecule has 1 aromatic rings. The second-order valence-electron chi connectivity index (χ2n) is 5.44. The van der Waals surface area contributed by atoms with Crippen molar-refractivity contribution >= 4 is 17.3 Å². The van der Waals surface area contributed by atoms with Crippen molar-refractivity contribution in [1.29, 1.82) is 0 Å². The molecule has 1 unspecified atom stereocenters. The Morgan fingerprint density at radius 1 is 1.48 bits per heavy atom. The van der Waals surface area contributed by atoms with Gasteiger partial charge in [0, 0.05) is 12.6 Å². The number of aromatic nitrogens is 2. The average molecular weight is 309 g/mol. The summed E-state index contributed by atoms with van der Waals surface area (Å²) in [6.07, 6.45) is 10.5. The summed E-state index contributed by atoms with van der Waals surface area (Å²) in [4.78, 5) is 14.7. The summed E-state index contributed by atoms with van der Waals surface area (Å²) in [7, 11) is 0. The van der Waals surface area contributed by atoms with E-state index in [1.165, 1.54) is 30.1 Å². The van der Waals surface area contributed by atoms with Crippen molar-refractivity contribution in [3.05, 3.63) is 21.6 Å². The summed E-state index contributed by atoms with van der Waals surface area (Å²) in [5.74, 6) is 2.41. The van der Waals surface area contributed by atoms with E-state index in [0.29, 0.717) is 10.7 Å². The first kappa shape index (κ1) is 15.9. The number of nitrogens with zero attached hydrogens (tertiary/aromatic N) is 3. The zero-order chi connectivity index (χ0) is 15.2. The number of halogens is 1. The molecule has 0 aromatic carbocycles. The second-order valence-corrected chi connectivity index (χ2v) is 5.85. The van der Waals surface area contributed by atoms with Crippen molar-refractivity contribution in [2.45, 2.75) is 38.8 Å². The van der Waals surface area contributed by atoms with Crippen molar-refractivity contribution in [3.8, 4) is 12.3 Å². The van der Waals surface area contributed by atoms with Crippen LogP contribution in [0.2, 0.25) is 5.02 Å². The molecule has 1 fully saturated rings. The maximum atomic E-state index is 12.3. The largest absolute Gasteiger partial charge is 0.376 e. The van der Waals surface area contributed by atoms with Gasteiger partial charge in [0.05, 0.1) is 11.2 Å². The van der Waals surface area contributed by atoms with Crippen LogP contribution in [0.5, 0.6) is 0 Å². The standard InChI is InChI=1S/C15H21ClN4O/c1-3-7-20-15(21)14(13(16)10-17-20)18-12(2)11-19-8-5-4-6-9-19/h1,10,12,18H,4-9,11H2,2H3. The van der Waals surface area contributed by atoms with E-state index in [2.05, 4.69) is 28.2 Å². The molecule has 5 nitrogen and oxygen atoms in total. The normalized spacial score (nSPS) is 17.2. The molecule has 1 N–H and O–H groups in total. The Labute approximate surface area is 130 Å². The van der Waals surface area contributed by atoms with Gasteiger partial charge < -0.3 is 10.2 Å². The predicted molar refractivity (Wildman–Crippen MR) is 85.7 cm³/mol. The lowest BCUT2D eigenvalue weighted by Crippen LogP contribution is -2.39. The summed E-state index contributed by atoms with van der Waals surface area (Å²) in [6.45, 7) is 5.34. The zero-order valence-electron chi connectivity index (χ0n) is 12.3. The van der Waals surface area contributed by atoms with Gasteiger partial charge in [0.2, 0.25) is 0 Å². The Morgan fingerprint density at radius 3 is 2.86 bits per heavy atom. The van der Waals surface area contributed by atoms with Crippen LogP contribution in [0, 0.1) is 12.3 Å². The molecule has 0 amide bonds. The Morgan fingerprint density at radius 2 is 2.19 bits per heavy atom. The first-order chi connectivity index (χ1) is 10.1. The molecule has 0 radical (unpaired) electrons. The number of piperidine rings is 1. The van der Waals surface area contributed by atoms with Crippen molar-refractivity contribution in [2.75, 3.05) is 25.0 Å². The molecule has 1 aliphatic rings. The molecule has 1 aromatic heterocycles. The predicted octanol–water partition coefficient (Wildman–Crippen LogP) is 1.82. The van der Waals surface area contributed by atoms with E-state index in [9.17, 15) is 4.79 Å². The van der Waals surface area contributed by atoms with E-state index in [1.54, 1.807) is 0 Å². The fraction of sp³-hybridized carbons (Fsp3) is 0.600. The van der Waals surface area contributed by atoms with Crippen LogP contribution >= 0.6 is 11.6 Å². The van der Waals surface area contributed by atoms with Gasteiger partial charge in [0.25, 0.3) is 5.56 Å². The van der Waals surface area contributed by atoms with E-state index < -0.39 is 0 Å². The summed E-state index contributed by atoms with van der Waals surface area (Å²) in [5, 5.41) is 7.47. The molecule has 114 valence electrons. The van der Waals surface area contributed by atoms with Crippen molar-refractivity contribution < 1.29 is 0 Å². The number of terminal acetylenes is 1. The zero-order valence-corrected chi connectivity index (χ0v) is 13.1. The topological polar surface area (TPSA) is 50.2 Å². The maximum Gasteiger partial charge on any atom is 0.292 e. The number of hydrogen-bond acceptors (Lipinski definition) is 4. The third kappa shape index (κ3) is 4.23. The number of anilines is 1. The Hall–Kier alpha value is -1.51. The third-order valence-corrected chi connectivity index (χ3v) is 3.90. The van der Waals surface area contributed by atoms with Crippen LogP contribution in [0.25, 0.3) is 0 Å². The summed E-state index contributed by atoms with van der Waals surface area (Å²) >= 11 is 6.08. The van der Waals surface area contributed by atoms with E-state index in [-0.39, 0.29) is 18.1 Å². The molecule has 1 atom stereocenters. The summed E-state index contributed by atoms with van der Waals surface area (Å²) in [6, 6.07) is 0.134. The van der Waals surface area contributed by atoms with Crippen LogP contribution in [0.4, 0.5) is 5.69 Å². The molecule has 0 bridgehead atoms. The van der Waals surface area contributed by atoms with E-state index in [1.807, 2.05) is 0 Å². The fourth-order valence-electron chi connectivity index (χ4n) is 2.62. The van der Waals surface area contributed by atoms with E-state index in [4.69, 9.17) is 18.0 Å². The molecule has 2 heterocycles. The highest BCUT2D eigenvalue weighted by atomic mass is 35.5. The van der Waals surface area contributed by atoms with Crippen molar-refractivity contribution in [3.63, 3.8) is 0 Å². The minimum atomic E-state index is -0.272. The second kappa shape index (κ2) is 7.48. The third-order valence-electron chi connectivity index (χ3n) is 3.61. The molecule has 0 spiro atoms. The molecule has 6 heteroatoms. The van der Waals surface area contributed by atoms with Gasteiger partial charge in [-0.25, -0.2) is 4.68 Å². The minimum absolute atomic E-state index is 0.134. The van der Waals surface area contributed by atoms with Gasteiger partial charge in [0.15, 0.2) is 0 Å². The lowest BCUT2D eigenvalue weighted by molar-refractivity contribution is 0.223. The monoisotopic (exact) mass is 308 g/mol. The van der Waals surface area contributed by atoms with Gasteiger partial charge in [0.1, 0.15) is 12.2 Å². The molecule has 0 saturated carbocycles. The van der Waals surface area contributed by atoms with Crippen LogP contribution in [0.15, 0.2) is 11.0 Å². The highest BCUT2D eigenvalue weighted by molar-refractivity contribution is 6.33. The number of nitrogens with one attached hydrogen (secondary N) is 1. The lowest BCUT2D eigenvalue weighted by atomic mass is 10.1. The fourth-order valence-corrected chi connectivity index (χ4v) is 2.80. The molecule has 2 rings (SSSR count). The molecule has 21 heavy (non-hydrogen) atoms. The van der Waals surface area contributed by atoms with Crippen LogP contribution in [-0.4, -0.2) is 40.4 Å². The Kier molecular flexibility index (Phi) is 5.66. The van der Waals surface area contributed by atoms with Gasteiger partial charge >= 0.3 is 0 Å². The highest BCUT2D eigenvalue weighted by Crippen LogP contribution is 2.17. The van der Waals surface area contributed by atoms with Gasteiger partial charge in [-0.05, 0) is 32.9 Å². The molecule has 1 aliphatic heterocycles. The van der Waals surface area contributed by atoms with Crippen LogP contribution in [-0.2, 0) is 6.54 Å². The average Bonchev–Trinajstić information content (AvgIpc) is 2.48. The van der Waals surface area contributed by atoms with E-state index in [0.717, 1.165) is 19.6 Å². The minimum Gasteiger partial charge on any atom is -0.376 e. The number of likely N-dealkylation sites (tertiary alicyclic amines) is 1. The number of hydrogen-bond donors (Lipinski definition) is 1. The Balaban J connectivity index is 2.06. The summed E-state index contributed by atoms with van der Waals surface area (Å²) in [5.41, 5.74) is 0.109. The van der Waals surface area contributed by atoms with E-state index >= 15 is 0 Å². The van der Waals surface area contributed by atoms with Crippen LogP contribution in [0.3, 0.4) is 0 Å². The van der Waals surface area contributed by atoms with Crippen LogP contribution < -0.4 is 10.9 Å². The smallest absolute Gasteiger partial charge is 0.292 e. The van der Waals surface area contributed by atoms with Gasteiger partial charge in [-0.3, -0.25) is 4.79 Å². The quantitative estimate of drug-likeness (QED) is 0.843. The maximum absolute atomic E-state index is 12.3. The highest BCUT2D eigenvalue weighted by Gasteiger charge is 2.16. The van der Waals surface area contributed by atoms with Crippen LogP contribution in [0.1, 0.15) is 26.2 Å². The molecular weight excluding hydrogens is 288 g/mol. The number of rotatable bonds is 5. The lowest BCUT2D eigenvalue weighted by Gasteiger charge is -2.29. The van der Waals surface area contributed by atoms with Gasteiger partial charge in [-0.1, -0.05) is 23.9 Å². The Bertz CT molecular complexity index is 572. The molecule has 1 saturated heterocycles. The molecular formula is C15H21ClN4O. The van der Waals surface area contributed by atoms with Crippen molar-refractivity contribution in [2.24, 2.45) is 0 Å². The van der Waals surface area contributed by atoms with Gasteiger partial charge in [-0.2, -0.15) is 5.10 Å².